The first-order chi connectivity index (χ1) is 9.82. The third kappa shape index (κ3) is 3.04. The predicted molar refractivity (Wildman–Crippen MR) is 76.5 cm³/mol. The molecule has 112 valence electrons. The highest BCUT2D eigenvalue weighted by molar-refractivity contribution is 6.37. The summed E-state index contributed by atoms with van der Waals surface area (Å²) in [5.41, 5.74) is 0.571. The molecule has 0 aliphatic carbocycles. The van der Waals surface area contributed by atoms with Gasteiger partial charge in [-0.25, -0.2) is 13.2 Å². The van der Waals surface area contributed by atoms with E-state index >= 15 is 0 Å². The normalized spacial score (nSPS) is 10.8. The van der Waals surface area contributed by atoms with E-state index in [2.05, 4.69) is 5.32 Å². The van der Waals surface area contributed by atoms with Crippen molar-refractivity contribution in [3.05, 3.63) is 56.8 Å². The number of nitrogens with one attached hydrogen (secondary N) is 1. The van der Waals surface area contributed by atoms with Gasteiger partial charge in [0, 0.05) is 17.1 Å². The average molecular weight is 336 g/mol. The molecule has 0 heterocycles. The van der Waals surface area contributed by atoms with Crippen LogP contribution >= 0.6 is 23.2 Å². The number of benzene rings is 2. The first kappa shape index (κ1) is 15.8. The van der Waals surface area contributed by atoms with Gasteiger partial charge in [-0.2, -0.15) is 0 Å². The lowest BCUT2D eigenvalue weighted by molar-refractivity contribution is 0.441. The van der Waals surface area contributed by atoms with Gasteiger partial charge < -0.3 is 10.4 Å². The third-order valence-electron chi connectivity index (χ3n) is 3.01. The van der Waals surface area contributed by atoms with Crippen molar-refractivity contribution in [3.63, 3.8) is 0 Å². The van der Waals surface area contributed by atoms with Crippen LogP contribution in [0.2, 0.25) is 10.0 Å². The number of hydrogen-bond acceptors (Lipinski definition) is 2. The van der Waals surface area contributed by atoms with Gasteiger partial charge in [-0.1, -0.05) is 29.3 Å². The monoisotopic (exact) mass is 335 g/mol. The number of hydrogen-bond donors (Lipinski definition) is 2. The first-order valence-electron chi connectivity index (χ1n) is 5.86. The Morgan fingerprint density at radius 1 is 1.14 bits per heavy atom. The van der Waals surface area contributed by atoms with E-state index in [1.807, 2.05) is 0 Å². The van der Waals surface area contributed by atoms with Crippen molar-refractivity contribution in [1.29, 1.82) is 0 Å². The summed E-state index contributed by atoms with van der Waals surface area (Å²) in [7, 11) is 0. The molecule has 2 rings (SSSR count). The van der Waals surface area contributed by atoms with Gasteiger partial charge in [-0.3, -0.25) is 0 Å². The van der Waals surface area contributed by atoms with Crippen LogP contribution in [-0.2, 0) is 6.54 Å². The Bertz CT molecular complexity index is 707. The number of phenols is 1. The van der Waals surface area contributed by atoms with Crippen LogP contribution in [0.15, 0.2) is 18.2 Å². The number of phenolic OH excluding ortho intramolecular Hbond substituents is 1. The Labute approximate surface area is 129 Å². The highest BCUT2D eigenvalue weighted by Gasteiger charge is 2.15. The van der Waals surface area contributed by atoms with Crippen molar-refractivity contribution >= 4 is 28.9 Å². The van der Waals surface area contributed by atoms with Gasteiger partial charge in [0.15, 0.2) is 23.2 Å². The van der Waals surface area contributed by atoms with Crippen molar-refractivity contribution in [1.82, 2.24) is 0 Å². The van der Waals surface area contributed by atoms with Gasteiger partial charge in [0.1, 0.15) is 0 Å². The van der Waals surface area contributed by atoms with Crippen LogP contribution in [0.5, 0.6) is 5.75 Å². The van der Waals surface area contributed by atoms with Crippen LogP contribution in [0.25, 0.3) is 0 Å². The second kappa shape index (κ2) is 6.03. The van der Waals surface area contributed by atoms with Crippen LogP contribution in [-0.4, -0.2) is 5.11 Å². The summed E-state index contributed by atoms with van der Waals surface area (Å²) in [6.45, 7) is 1.45. The number of anilines is 1. The molecule has 0 atom stereocenters. The van der Waals surface area contributed by atoms with Crippen LogP contribution < -0.4 is 5.32 Å². The van der Waals surface area contributed by atoms with Gasteiger partial charge in [-0.05, 0) is 24.6 Å². The summed E-state index contributed by atoms with van der Waals surface area (Å²) < 4.78 is 39.5. The van der Waals surface area contributed by atoms with Gasteiger partial charge in [0.2, 0.25) is 0 Å². The van der Waals surface area contributed by atoms with Crippen molar-refractivity contribution in [3.8, 4) is 5.75 Å². The van der Waals surface area contributed by atoms with Crippen LogP contribution in [0, 0.1) is 24.4 Å². The maximum absolute atomic E-state index is 13.5. The molecule has 0 aliphatic heterocycles. The smallest absolute Gasteiger partial charge is 0.194 e. The molecule has 0 radical (unpaired) electrons. The predicted octanol–water partition coefficient (Wildman–Crippen LogP) is 5.04. The van der Waals surface area contributed by atoms with Gasteiger partial charge in [-0.15, -0.1) is 0 Å². The second-order valence-electron chi connectivity index (χ2n) is 4.38. The van der Waals surface area contributed by atoms with E-state index in [-0.39, 0.29) is 28.6 Å². The lowest BCUT2D eigenvalue weighted by Crippen LogP contribution is -2.05. The average Bonchev–Trinajstić information content (AvgIpc) is 2.46. The van der Waals surface area contributed by atoms with Crippen molar-refractivity contribution < 1.29 is 18.3 Å². The Kier molecular flexibility index (Phi) is 4.54. The Morgan fingerprint density at radius 3 is 2.48 bits per heavy atom. The van der Waals surface area contributed by atoms with E-state index in [1.165, 1.54) is 6.07 Å². The molecule has 0 saturated carbocycles. The minimum Gasteiger partial charge on any atom is -0.504 e. The van der Waals surface area contributed by atoms with E-state index in [4.69, 9.17) is 23.2 Å². The largest absolute Gasteiger partial charge is 0.504 e. The maximum Gasteiger partial charge on any atom is 0.194 e. The molecule has 2 aromatic rings. The maximum atomic E-state index is 13.5. The van der Waals surface area contributed by atoms with E-state index in [9.17, 15) is 18.3 Å². The van der Waals surface area contributed by atoms with Crippen LogP contribution in [0.3, 0.4) is 0 Å². The summed E-state index contributed by atoms with van der Waals surface area (Å²) in [6, 6.07) is 3.34. The summed E-state index contributed by atoms with van der Waals surface area (Å²) in [5, 5.41) is 12.9. The van der Waals surface area contributed by atoms with Crippen molar-refractivity contribution in [2.75, 3.05) is 5.32 Å². The number of aromatic hydroxyl groups is 1. The van der Waals surface area contributed by atoms with Crippen LogP contribution in [0.4, 0.5) is 18.9 Å². The van der Waals surface area contributed by atoms with E-state index in [0.717, 1.165) is 12.1 Å². The van der Waals surface area contributed by atoms with Gasteiger partial charge >= 0.3 is 0 Å². The van der Waals surface area contributed by atoms with Crippen molar-refractivity contribution in [2.24, 2.45) is 0 Å². The molecule has 0 aromatic heterocycles. The molecule has 0 spiro atoms. The molecule has 0 bridgehead atoms. The molecular weight excluding hydrogens is 326 g/mol. The van der Waals surface area contributed by atoms with E-state index < -0.39 is 17.5 Å². The molecule has 0 aliphatic rings. The lowest BCUT2D eigenvalue weighted by Gasteiger charge is -2.13. The molecule has 0 unspecified atom stereocenters. The fourth-order valence-corrected chi connectivity index (χ4v) is 2.19. The Balaban J connectivity index is 2.27. The molecule has 7 heteroatoms. The zero-order chi connectivity index (χ0) is 15.7. The minimum absolute atomic E-state index is 0.0655. The van der Waals surface area contributed by atoms with Gasteiger partial charge in [0.05, 0.1) is 10.7 Å². The molecule has 0 fully saturated rings. The number of halogens is 5. The summed E-state index contributed by atoms with van der Waals surface area (Å²) in [6.07, 6.45) is 0. The van der Waals surface area contributed by atoms with E-state index in [1.54, 1.807) is 6.92 Å². The SMILES string of the molecule is Cc1c(Cl)cc(NCc2ccc(F)c(F)c2F)c(O)c1Cl. The molecule has 0 amide bonds. The summed E-state index contributed by atoms with van der Waals surface area (Å²) in [5.74, 6) is -4.34. The molecular formula is C14H10Cl2F3NO. The zero-order valence-electron chi connectivity index (χ0n) is 10.8. The molecule has 21 heavy (non-hydrogen) atoms. The molecule has 2 N–H and O–H groups in total. The fraction of sp³-hybridized carbons (Fsp3) is 0.143. The molecule has 2 nitrogen and oxygen atoms in total. The highest BCUT2D eigenvalue weighted by Crippen LogP contribution is 2.39. The standard InChI is InChI=1S/C14H10Cl2F3NO/c1-6-8(15)4-10(14(21)11(6)16)20-5-7-2-3-9(17)13(19)12(7)18/h2-4,20-21H,5H2,1H3. The Hall–Kier alpha value is -1.59. The topological polar surface area (TPSA) is 32.3 Å². The molecule has 2 aromatic carbocycles. The quantitative estimate of drug-likeness (QED) is 0.608. The fourth-order valence-electron chi connectivity index (χ4n) is 1.73. The van der Waals surface area contributed by atoms with Gasteiger partial charge in [0.25, 0.3) is 0 Å². The van der Waals surface area contributed by atoms with E-state index in [0.29, 0.717) is 10.6 Å². The lowest BCUT2D eigenvalue weighted by atomic mass is 10.1. The van der Waals surface area contributed by atoms with Crippen LogP contribution in [0.1, 0.15) is 11.1 Å². The summed E-state index contributed by atoms with van der Waals surface area (Å²) >= 11 is 11.8. The van der Waals surface area contributed by atoms with Crippen molar-refractivity contribution in [2.45, 2.75) is 13.5 Å². The minimum atomic E-state index is -1.54. The summed E-state index contributed by atoms with van der Waals surface area (Å²) in [4.78, 5) is 0. The Morgan fingerprint density at radius 2 is 1.81 bits per heavy atom. The number of rotatable bonds is 3. The third-order valence-corrected chi connectivity index (χ3v) is 3.86. The zero-order valence-corrected chi connectivity index (χ0v) is 12.3. The first-order valence-corrected chi connectivity index (χ1v) is 6.62. The molecule has 0 saturated heterocycles. The second-order valence-corrected chi connectivity index (χ2v) is 5.17. The highest BCUT2D eigenvalue weighted by atomic mass is 35.5.